The van der Waals surface area contributed by atoms with Crippen molar-refractivity contribution in [2.45, 2.75) is 4.90 Å². The highest BCUT2D eigenvalue weighted by atomic mass is 35.5. The summed E-state index contributed by atoms with van der Waals surface area (Å²) in [5.41, 5.74) is 4.41. The third-order valence-corrected chi connectivity index (χ3v) is 4.98. The summed E-state index contributed by atoms with van der Waals surface area (Å²) in [6.07, 6.45) is 1.99. The molecule has 0 spiro atoms. The van der Waals surface area contributed by atoms with Gasteiger partial charge >= 0.3 is 0 Å². The molecule has 30 heavy (non-hydrogen) atoms. The van der Waals surface area contributed by atoms with Crippen molar-refractivity contribution in [2.24, 2.45) is 15.3 Å². The van der Waals surface area contributed by atoms with Crippen LogP contribution < -0.4 is 5.43 Å². The molecule has 3 rings (SSSR count). The van der Waals surface area contributed by atoms with Gasteiger partial charge in [-0.15, -0.1) is 22.0 Å². The molecule has 0 aliphatic heterocycles. The van der Waals surface area contributed by atoms with Crippen molar-refractivity contribution in [1.82, 2.24) is 0 Å². The van der Waals surface area contributed by atoms with Gasteiger partial charge in [0, 0.05) is 32.6 Å². The minimum Gasteiger partial charge on any atom is -0.276 e. The Morgan fingerprint density at radius 1 is 1.03 bits per heavy atom. The van der Waals surface area contributed by atoms with Gasteiger partial charge in [0.25, 0.3) is 5.69 Å². The molecule has 0 saturated heterocycles. The number of hydrazone groups is 1. The Hall–Kier alpha value is -2.94. The summed E-state index contributed by atoms with van der Waals surface area (Å²) >= 11 is 13.6. The normalized spacial score (nSPS) is 11.6. The summed E-state index contributed by atoms with van der Waals surface area (Å²) < 4.78 is 0. The summed E-state index contributed by atoms with van der Waals surface area (Å²) in [6, 6.07) is 18.4. The van der Waals surface area contributed by atoms with Crippen LogP contribution in [0.3, 0.4) is 0 Å². The van der Waals surface area contributed by atoms with Crippen molar-refractivity contribution >= 4 is 57.9 Å². The number of nitro groups is 1. The molecule has 0 atom stereocenters. The average Bonchev–Trinajstić information content (AvgIpc) is 2.73. The monoisotopic (exact) mass is 459 g/mol. The van der Waals surface area contributed by atoms with E-state index in [2.05, 4.69) is 20.8 Å². The fraction of sp³-hybridized carbons (Fsp3) is 0.0500. The second-order valence-electron chi connectivity index (χ2n) is 5.91. The van der Waals surface area contributed by atoms with Crippen LogP contribution in [0.25, 0.3) is 0 Å². The highest BCUT2D eigenvalue weighted by Gasteiger charge is 2.10. The Morgan fingerprint density at radius 3 is 2.37 bits per heavy atom. The molecule has 0 bridgehead atoms. The van der Waals surface area contributed by atoms with E-state index in [0.717, 1.165) is 10.6 Å². The SMILES string of the molecule is CSc1ccc(NN=C(N=Nc2cc(Cl)cc(Cl)c2)c2cccc([N+](=O)[O-])c2)cc1. The average molecular weight is 460 g/mol. The van der Waals surface area contributed by atoms with Crippen molar-refractivity contribution in [3.63, 3.8) is 0 Å². The van der Waals surface area contributed by atoms with Crippen molar-refractivity contribution < 1.29 is 4.92 Å². The van der Waals surface area contributed by atoms with Gasteiger partial charge in [0.1, 0.15) is 0 Å². The third kappa shape index (κ3) is 6.03. The molecular weight excluding hydrogens is 445 g/mol. The number of amidine groups is 1. The minimum absolute atomic E-state index is 0.0782. The first-order chi connectivity index (χ1) is 14.4. The van der Waals surface area contributed by atoms with Crippen LogP contribution in [0.1, 0.15) is 5.56 Å². The van der Waals surface area contributed by atoms with E-state index in [4.69, 9.17) is 23.2 Å². The zero-order valence-corrected chi connectivity index (χ0v) is 17.9. The Morgan fingerprint density at radius 2 is 1.73 bits per heavy atom. The summed E-state index contributed by atoms with van der Waals surface area (Å²) in [6.45, 7) is 0. The number of nitrogens with zero attached hydrogens (tertiary/aromatic N) is 4. The molecule has 3 aromatic rings. The van der Waals surface area contributed by atoms with Crippen molar-refractivity contribution in [2.75, 3.05) is 11.7 Å². The first kappa shape index (κ1) is 21.8. The molecule has 1 N–H and O–H groups in total. The van der Waals surface area contributed by atoms with E-state index in [1.807, 2.05) is 30.5 Å². The number of thioether (sulfide) groups is 1. The van der Waals surface area contributed by atoms with Gasteiger partial charge in [-0.3, -0.25) is 15.5 Å². The number of halogens is 2. The maximum absolute atomic E-state index is 11.1. The van der Waals surface area contributed by atoms with E-state index in [1.54, 1.807) is 42.1 Å². The molecule has 0 saturated carbocycles. The molecule has 0 heterocycles. The number of anilines is 1. The molecule has 3 aromatic carbocycles. The summed E-state index contributed by atoms with van der Waals surface area (Å²) in [5, 5.41) is 24.5. The lowest BCUT2D eigenvalue weighted by molar-refractivity contribution is -0.384. The molecule has 0 aliphatic rings. The number of hydrogen-bond acceptors (Lipinski definition) is 6. The van der Waals surface area contributed by atoms with Gasteiger partial charge in [-0.05, 0) is 48.7 Å². The molecule has 0 radical (unpaired) electrons. The summed E-state index contributed by atoms with van der Waals surface area (Å²) in [7, 11) is 0. The Balaban J connectivity index is 1.95. The smallest absolute Gasteiger partial charge is 0.270 e. The van der Waals surface area contributed by atoms with Crippen LogP contribution in [0.15, 0.2) is 87.0 Å². The van der Waals surface area contributed by atoms with Crippen molar-refractivity contribution in [3.8, 4) is 0 Å². The van der Waals surface area contributed by atoms with Crippen LogP contribution in [0.5, 0.6) is 0 Å². The van der Waals surface area contributed by atoms with E-state index in [1.165, 1.54) is 12.1 Å². The lowest BCUT2D eigenvalue weighted by Crippen LogP contribution is -2.02. The van der Waals surface area contributed by atoms with Crippen molar-refractivity contribution in [3.05, 3.63) is 92.5 Å². The lowest BCUT2D eigenvalue weighted by Gasteiger charge is -2.05. The van der Waals surface area contributed by atoms with Crippen LogP contribution in [0.4, 0.5) is 17.1 Å². The third-order valence-electron chi connectivity index (χ3n) is 3.80. The lowest BCUT2D eigenvalue weighted by atomic mass is 10.2. The van der Waals surface area contributed by atoms with Gasteiger partial charge < -0.3 is 0 Å². The van der Waals surface area contributed by atoms with Crippen LogP contribution in [-0.2, 0) is 0 Å². The van der Waals surface area contributed by atoms with E-state index < -0.39 is 4.92 Å². The largest absolute Gasteiger partial charge is 0.276 e. The van der Waals surface area contributed by atoms with E-state index in [0.29, 0.717) is 21.3 Å². The number of benzene rings is 3. The Labute approximate surface area is 187 Å². The molecule has 0 unspecified atom stereocenters. The van der Waals surface area contributed by atoms with E-state index in [9.17, 15) is 10.1 Å². The summed E-state index contributed by atoms with van der Waals surface area (Å²) in [5.74, 6) is 0.156. The molecule has 0 aromatic heterocycles. The molecule has 7 nitrogen and oxygen atoms in total. The number of nitrogens with one attached hydrogen (secondary N) is 1. The van der Waals surface area contributed by atoms with Gasteiger partial charge in [0.05, 0.1) is 16.3 Å². The topological polar surface area (TPSA) is 92.2 Å². The minimum atomic E-state index is -0.483. The highest BCUT2D eigenvalue weighted by molar-refractivity contribution is 7.98. The quantitative estimate of drug-likeness (QED) is 0.105. The van der Waals surface area contributed by atoms with E-state index >= 15 is 0 Å². The highest BCUT2D eigenvalue weighted by Crippen LogP contribution is 2.25. The number of nitro benzene ring substituents is 1. The van der Waals surface area contributed by atoms with Crippen molar-refractivity contribution in [1.29, 1.82) is 0 Å². The maximum Gasteiger partial charge on any atom is 0.270 e. The zero-order chi connectivity index (χ0) is 21.5. The van der Waals surface area contributed by atoms with Crippen LogP contribution >= 0.6 is 35.0 Å². The fourth-order valence-corrected chi connectivity index (χ4v) is 3.31. The first-order valence-electron chi connectivity index (χ1n) is 8.55. The fourth-order valence-electron chi connectivity index (χ4n) is 2.39. The molecule has 10 heteroatoms. The van der Waals surface area contributed by atoms with Crippen LogP contribution in [0.2, 0.25) is 10.0 Å². The summed E-state index contributed by atoms with van der Waals surface area (Å²) in [4.78, 5) is 11.8. The zero-order valence-electron chi connectivity index (χ0n) is 15.6. The Kier molecular flexibility index (Phi) is 7.40. The predicted molar refractivity (Wildman–Crippen MR) is 122 cm³/mol. The first-order valence-corrected chi connectivity index (χ1v) is 10.5. The van der Waals surface area contributed by atoms with Gasteiger partial charge in [0.15, 0.2) is 0 Å². The van der Waals surface area contributed by atoms with Gasteiger partial charge in [-0.2, -0.15) is 5.10 Å². The van der Waals surface area contributed by atoms with E-state index in [-0.39, 0.29) is 11.5 Å². The maximum atomic E-state index is 11.1. The molecule has 0 aliphatic carbocycles. The van der Waals surface area contributed by atoms with Gasteiger partial charge in [-0.1, -0.05) is 35.3 Å². The Bertz CT molecular complexity index is 1100. The van der Waals surface area contributed by atoms with Gasteiger partial charge in [-0.25, -0.2) is 0 Å². The molecule has 152 valence electrons. The molecular formula is C20H15Cl2N5O2S. The predicted octanol–water partition coefficient (Wildman–Crippen LogP) is 7.18. The second kappa shape index (κ2) is 10.2. The second-order valence-corrected chi connectivity index (χ2v) is 7.66. The molecule has 0 fully saturated rings. The number of azo groups is 1. The standard InChI is InChI=1S/C20H15Cl2N5O2S/c1-30-19-7-5-16(6-8-19)23-25-20(13-3-2-4-18(9-13)27(28)29)26-24-17-11-14(21)10-15(22)12-17/h2-12,23H,1H3. The number of rotatable bonds is 6. The van der Waals surface area contributed by atoms with Gasteiger partial charge in [0.2, 0.25) is 5.84 Å². The molecule has 0 amide bonds. The number of hydrogen-bond donors (Lipinski definition) is 1. The number of non-ortho nitro benzene ring substituents is 1. The van der Waals surface area contributed by atoms with Crippen LogP contribution in [-0.4, -0.2) is 17.0 Å². The van der Waals surface area contributed by atoms with Crippen LogP contribution in [0, 0.1) is 10.1 Å².